The van der Waals surface area contributed by atoms with Crippen molar-refractivity contribution in [2.24, 2.45) is 17.3 Å². The number of carboxylic acid groups (broad SMARTS) is 1. The number of likely N-dealkylation sites (N-methyl/N-ethyl adjacent to an activating group) is 1. The third-order valence-electron chi connectivity index (χ3n) is 8.12. The number of likely N-dealkylation sites (tertiary alicyclic amines) is 1. The monoisotopic (exact) mass is 1080 g/mol. The number of thiol groups is 1. The summed E-state index contributed by atoms with van der Waals surface area (Å²) in [5.41, 5.74) is 13.7. The van der Waals surface area contributed by atoms with E-state index >= 15 is 0 Å². The van der Waals surface area contributed by atoms with Crippen LogP contribution < -0.4 is 38.7 Å². The van der Waals surface area contributed by atoms with Crippen LogP contribution in [0.3, 0.4) is 0 Å². The minimum absolute atomic E-state index is 0. The maximum Gasteiger partial charge on any atom is 0.305 e. The molecule has 3 amide bonds. The SMILES string of the molecule is C.CC.CCCCN.CCN.CCNCC(=O)NC(CC(=O)O)C(=O)NC(Cc1c[nH]c2ccccc12)C(=O)N1CCC[C@H]1C(=O)C(=O)[C@H](CS)NN.CO.CSSC.CSSC.CSSC. The van der Waals surface area contributed by atoms with E-state index in [-0.39, 0.29) is 39.1 Å². The summed E-state index contributed by atoms with van der Waals surface area (Å²) in [6.45, 7) is 11.9. The first kappa shape index (κ1) is 76.7. The number of nitrogens with zero attached hydrogens (tertiary/aromatic N) is 1. The van der Waals surface area contributed by atoms with Crippen molar-refractivity contribution in [1.82, 2.24) is 31.3 Å². The van der Waals surface area contributed by atoms with E-state index in [1.165, 1.54) is 17.7 Å². The predicted octanol–water partition coefficient (Wildman–Crippen LogP) is 5.52. The van der Waals surface area contributed by atoms with Gasteiger partial charge in [0.05, 0.1) is 25.0 Å². The van der Waals surface area contributed by atoms with Gasteiger partial charge in [0, 0.05) is 42.9 Å². The van der Waals surface area contributed by atoms with Crippen LogP contribution in [-0.2, 0) is 35.2 Å². The Morgan fingerprint density at radius 3 is 1.81 bits per heavy atom. The molecule has 13 N–H and O–H groups in total. The average molecular weight is 1080 g/mol. The molecule has 0 saturated carbocycles. The van der Waals surface area contributed by atoms with Crippen LogP contribution in [0.1, 0.15) is 79.7 Å². The number of nitrogens with two attached hydrogens (primary N) is 3. The summed E-state index contributed by atoms with van der Waals surface area (Å²) in [4.78, 5) is 81.4. The van der Waals surface area contributed by atoms with Crippen molar-refractivity contribution in [2.75, 3.05) is 83.1 Å². The number of ketones is 2. The number of aromatic nitrogens is 1. The number of hydrogen-bond acceptors (Lipinski definition) is 19. The Bertz CT molecular complexity index is 1500. The Labute approximate surface area is 432 Å². The van der Waals surface area contributed by atoms with Crippen LogP contribution in [0.4, 0.5) is 0 Å². The van der Waals surface area contributed by atoms with E-state index in [0.717, 1.165) is 31.1 Å². The van der Waals surface area contributed by atoms with Gasteiger partial charge < -0.3 is 47.5 Å². The van der Waals surface area contributed by atoms with E-state index in [1.54, 1.807) is 77.9 Å². The number of para-hydroxylation sites is 1. The second-order valence-corrected chi connectivity index (χ2v) is 20.9. The van der Waals surface area contributed by atoms with E-state index in [1.807, 2.05) is 45.0 Å². The number of aliphatic hydroxyl groups is 1. The molecule has 2 aromatic rings. The van der Waals surface area contributed by atoms with Crippen molar-refractivity contribution in [3.8, 4) is 0 Å². The molecule has 1 aromatic carbocycles. The first-order chi connectivity index (χ1) is 31.7. The summed E-state index contributed by atoms with van der Waals surface area (Å²) >= 11 is 4.05. The Morgan fingerprint density at radius 2 is 1.39 bits per heavy atom. The molecular weight excluding hydrogens is 995 g/mol. The number of hydrazine groups is 1. The molecular formula is C43H87N9O8S7. The number of benzene rings is 1. The Morgan fingerprint density at radius 1 is 0.866 bits per heavy atom. The fraction of sp³-hybridized carbons (Fsp3) is 0.674. The van der Waals surface area contributed by atoms with Gasteiger partial charge in [-0.25, -0.2) is 5.43 Å². The number of nitrogens with one attached hydrogen (secondary N) is 5. The summed E-state index contributed by atoms with van der Waals surface area (Å²) in [6, 6.07) is 2.57. The smallest absolute Gasteiger partial charge is 0.305 e. The molecule has 1 fully saturated rings. The van der Waals surface area contributed by atoms with E-state index in [4.69, 9.17) is 22.4 Å². The van der Waals surface area contributed by atoms with Crippen molar-refractivity contribution < 1.29 is 39.0 Å². The van der Waals surface area contributed by atoms with Crippen LogP contribution in [-0.4, -0.2) is 163 Å². The highest BCUT2D eigenvalue weighted by Crippen LogP contribution is 2.24. The maximum absolute atomic E-state index is 14.0. The zero-order chi connectivity index (χ0) is 51.9. The Kier molecular flexibility index (Phi) is 63.1. The van der Waals surface area contributed by atoms with Crippen LogP contribution in [0.15, 0.2) is 30.5 Å². The lowest BCUT2D eigenvalue weighted by atomic mass is 9.99. The van der Waals surface area contributed by atoms with Crippen LogP contribution in [0.25, 0.3) is 10.9 Å². The summed E-state index contributed by atoms with van der Waals surface area (Å²) in [5, 5.41) is 25.0. The fourth-order valence-corrected chi connectivity index (χ4v) is 5.39. The standard InChI is InChI=1S/C27H37N7O7S.C4H11N.C2H7N.3C2H6S2.C2H6.CH4O.CH4/c1-2-29-13-22(35)31-18(11-23(36)37)26(40)32-19(10-15-12-30-17-7-4-3-6-16(15)17)27(41)34-9-5-8-21(34)25(39)24(38)20(14-42)33-28;1-2-3-4-5;1-2-3;3*1-3-4-2;2*1-2;/h3-4,6-7,12,18-21,29-30,33,42H,2,5,8-11,13-14,28H2,1H3,(H,31,35)(H,32,40)(H,36,37);2-5H2,1H3;2-3H2,1H3;3*1-2H3;1-2H3;2H,1H3;1H4/t18?,19?,20-,21-;;;;;;;;/m0......../s1. The number of fused-ring (bicyclic) bond motifs is 1. The normalized spacial score (nSPS) is 13.0. The Hall–Kier alpha value is -1.81. The maximum atomic E-state index is 14.0. The van der Waals surface area contributed by atoms with Crippen molar-refractivity contribution in [3.05, 3.63) is 36.0 Å². The second kappa shape index (κ2) is 55.1. The molecule has 0 radical (unpaired) electrons. The number of aliphatic hydroxyl groups excluding tert-OH is 1. The topological polar surface area (TPSA) is 288 Å². The number of carbonyl (C=O) groups excluding carboxylic acids is 5. The fourth-order valence-electron chi connectivity index (χ4n) is 5.12. The largest absolute Gasteiger partial charge is 0.481 e. The van der Waals surface area contributed by atoms with Crippen LogP contribution in [0.5, 0.6) is 0 Å². The predicted molar refractivity (Wildman–Crippen MR) is 302 cm³/mol. The number of Topliss-reactive ketones (excluding diaryl/α,β-unsaturated/α-hetero) is 2. The number of hydrogen-bond donors (Lipinski definition) is 11. The lowest BCUT2D eigenvalue weighted by molar-refractivity contribution is -0.145. The number of H-pyrrole nitrogens is 1. The molecule has 2 unspecified atom stereocenters. The van der Waals surface area contributed by atoms with E-state index in [2.05, 4.69) is 83.4 Å². The number of carboxylic acids is 1. The highest BCUT2D eigenvalue weighted by molar-refractivity contribution is 8.76. The molecule has 4 atom stereocenters. The van der Waals surface area contributed by atoms with Gasteiger partial charge in [0.15, 0.2) is 0 Å². The van der Waals surface area contributed by atoms with E-state index in [0.29, 0.717) is 18.5 Å². The molecule has 0 aliphatic carbocycles. The summed E-state index contributed by atoms with van der Waals surface area (Å²) in [7, 11) is 11.6. The number of amides is 3. The van der Waals surface area contributed by atoms with Gasteiger partial charge in [0.1, 0.15) is 12.1 Å². The van der Waals surface area contributed by atoms with Crippen molar-refractivity contribution in [2.45, 2.75) is 105 Å². The van der Waals surface area contributed by atoms with Crippen molar-refractivity contribution in [1.29, 1.82) is 0 Å². The zero-order valence-electron chi connectivity index (χ0n) is 41.1. The van der Waals surface area contributed by atoms with Gasteiger partial charge in [-0.3, -0.25) is 34.6 Å². The van der Waals surface area contributed by atoms with Gasteiger partial charge >= 0.3 is 5.97 Å². The van der Waals surface area contributed by atoms with Crippen LogP contribution >= 0.6 is 77.4 Å². The zero-order valence-corrected chi connectivity index (χ0v) is 46.9. The Balaban J connectivity index is -0.000000309. The molecule has 1 aromatic heterocycles. The number of aromatic amines is 1. The van der Waals surface area contributed by atoms with Gasteiger partial charge in [-0.2, -0.15) is 12.6 Å². The molecule has 24 heteroatoms. The van der Waals surface area contributed by atoms with Gasteiger partial charge in [-0.1, -0.05) is 131 Å². The summed E-state index contributed by atoms with van der Waals surface area (Å²) in [6.07, 6.45) is 16.4. The average Bonchev–Trinajstić information content (AvgIpc) is 4.00. The van der Waals surface area contributed by atoms with Crippen LogP contribution in [0, 0.1) is 0 Å². The molecule has 17 nitrogen and oxygen atoms in total. The molecule has 1 saturated heterocycles. The molecule has 1 aliphatic rings. The van der Waals surface area contributed by atoms with Gasteiger partial charge in [0.25, 0.3) is 0 Å². The highest BCUT2D eigenvalue weighted by Gasteiger charge is 2.42. The molecule has 67 heavy (non-hydrogen) atoms. The second-order valence-electron chi connectivity index (χ2n) is 12.5. The first-order valence-electron chi connectivity index (χ1n) is 21.3. The number of aliphatic carboxylic acids is 1. The van der Waals surface area contributed by atoms with E-state index in [9.17, 15) is 33.9 Å². The van der Waals surface area contributed by atoms with Gasteiger partial charge in [-0.05, 0) is 88.1 Å². The molecule has 394 valence electrons. The van der Waals surface area contributed by atoms with Gasteiger partial charge in [-0.15, -0.1) is 0 Å². The molecule has 0 bridgehead atoms. The lowest BCUT2D eigenvalue weighted by Crippen LogP contribution is -2.58. The van der Waals surface area contributed by atoms with Crippen molar-refractivity contribution >= 4 is 124 Å². The van der Waals surface area contributed by atoms with E-state index < -0.39 is 65.8 Å². The first-order valence-corrected chi connectivity index (χ1v) is 30.8. The molecule has 3 rings (SSSR count). The molecule has 0 spiro atoms. The molecule has 2 heterocycles. The summed E-state index contributed by atoms with van der Waals surface area (Å²) in [5.74, 6) is 0.354. The minimum Gasteiger partial charge on any atom is -0.481 e. The lowest BCUT2D eigenvalue weighted by Gasteiger charge is -2.30. The third kappa shape index (κ3) is 37.7. The van der Waals surface area contributed by atoms with Crippen LogP contribution in [0.2, 0.25) is 0 Å². The van der Waals surface area contributed by atoms with Crippen molar-refractivity contribution in [3.63, 3.8) is 0 Å². The third-order valence-corrected chi connectivity index (χ3v) is 12.5. The number of rotatable bonds is 21. The highest BCUT2D eigenvalue weighted by atomic mass is 33.1. The summed E-state index contributed by atoms with van der Waals surface area (Å²) < 4.78 is 0. The quantitative estimate of drug-likeness (QED) is 0.0241. The van der Waals surface area contributed by atoms with Gasteiger partial charge in [0.2, 0.25) is 29.3 Å². The number of unbranched alkanes of at least 4 members (excludes halogenated alkanes) is 1. The minimum atomic E-state index is -1.46. The number of carbonyl (C=O) groups is 6. The molecule has 1 aliphatic heterocycles.